The third-order valence-electron chi connectivity index (χ3n) is 7.08. The number of halogens is 2. The van der Waals surface area contributed by atoms with E-state index in [0.29, 0.717) is 36.1 Å². The highest BCUT2D eigenvalue weighted by Gasteiger charge is 2.22. The van der Waals surface area contributed by atoms with Gasteiger partial charge in [0.2, 0.25) is 5.88 Å². The van der Waals surface area contributed by atoms with E-state index in [9.17, 15) is 8.78 Å². The van der Waals surface area contributed by atoms with Gasteiger partial charge in [-0.1, -0.05) is 84.1 Å². The third-order valence-corrected chi connectivity index (χ3v) is 7.08. The van der Waals surface area contributed by atoms with Crippen LogP contribution in [-0.2, 0) is 6.42 Å². The van der Waals surface area contributed by atoms with E-state index in [1.165, 1.54) is 51.4 Å². The summed E-state index contributed by atoms with van der Waals surface area (Å²) in [4.78, 5) is 0. The number of ether oxygens (including phenoxy) is 1. The van der Waals surface area contributed by atoms with Crippen LogP contribution in [0.5, 0.6) is 5.88 Å². The van der Waals surface area contributed by atoms with Gasteiger partial charge in [-0.3, -0.25) is 0 Å². The Labute approximate surface area is 198 Å². The molecule has 0 N–H and O–H groups in total. The molecule has 1 aromatic carbocycles. The Kier molecular flexibility index (Phi) is 10.6. The van der Waals surface area contributed by atoms with E-state index in [1.54, 1.807) is 24.3 Å². The second kappa shape index (κ2) is 13.6. The lowest BCUT2D eigenvalue weighted by Gasteiger charge is -2.28. The van der Waals surface area contributed by atoms with Crippen LogP contribution in [0, 0.1) is 23.5 Å². The lowest BCUT2D eigenvalue weighted by Crippen LogP contribution is -2.15. The zero-order valence-corrected chi connectivity index (χ0v) is 20.4. The zero-order chi connectivity index (χ0) is 23.5. The first-order valence-corrected chi connectivity index (χ1v) is 13.1. The fourth-order valence-electron chi connectivity index (χ4n) is 4.90. The summed E-state index contributed by atoms with van der Waals surface area (Å²) in [5, 5.41) is 8.06. The summed E-state index contributed by atoms with van der Waals surface area (Å²) in [6, 6.07) is 6.64. The van der Waals surface area contributed by atoms with Crippen LogP contribution < -0.4 is 4.74 Å². The average Bonchev–Trinajstić information content (AvgIpc) is 2.84. The molecule has 2 aromatic rings. The van der Waals surface area contributed by atoms with Crippen LogP contribution in [0.4, 0.5) is 8.78 Å². The molecule has 3 nitrogen and oxygen atoms in total. The smallest absolute Gasteiger partial charge is 0.233 e. The molecule has 3 rings (SSSR count). The lowest BCUT2D eigenvalue weighted by molar-refractivity contribution is 0.248. The van der Waals surface area contributed by atoms with Crippen molar-refractivity contribution >= 4 is 0 Å². The number of benzene rings is 1. The molecular weight excluding hydrogens is 418 g/mol. The maximum atomic E-state index is 14.8. The molecule has 0 saturated heterocycles. The van der Waals surface area contributed by atoms with Crippen molar-refractivity contribution in [1.82, 2.24) is 10.2 Å². The van der Waals surface area contributed by atoms with Gasteiger partial charge in [0.05, 0.1) is 12.3 Å². The van der Waals surface area contributed by atoms with Gasteiger partial charge < -0.3 is 4.74 Å². The molecule has 0 radical (unpaired) electrons. The Hall–Kier alpha value is -2.04. The van der Waals surface area contributed by atoms with Gasteiger partial charge >= 0.3 is 0 Å². The molecule has 0 spiro atoms. The maximum Gasteiger partial charge on any atom is 0.233 e. The largest absolute Gasteiger partial charge is 0.477 e. The zero-order valence-electron chi connectivity index (χ0n) is 20.4. The van der Waals surface area contributed by atoms with Gasteiger partial charge in [-0.05, 0) is 48.8 Å². The third kappa shape index (κ3) is 7.75. The number of nitrogens with zero attached hydrogens (tertiary/aromatic N) is 2. The van der Waals surface area contributed by atoms with Crippen LogP contribution in [0.1, 0.15) is 96.5 Å². The fourth-order valence-corrected chi connectivity index (χ4v) is 4.90. The Balaban J connectivity index is 1.51. The van der Waals surface area contributed by atoms with E-state index in [2.05, 4.69) is 24.0 Å². The maximum absolute atomic E-state index is 14.8. The molecule has 0 amide bonds. The summed E-state index contributed by atoms with van der Waals surface area (Å²) in [6.45, 7) is 4.97. The normalized spacial score (nSPS) is 18.4. The minimum atomic E-state index is -0.835. The van der Waals surface area contributed by atoms with Gasteiger partial charge in [0.15, 0.2) is 11.6 Å². The van der Waals surface area contributed by atoms with Gasteiger partial charge in [0.25, 0.3) is 0 Å². The van der Waals surface area contributed by atoms with E-state index >= 15 is 0 Å². The van der Waals surface area contributed by atoms with Crippen molar-refractivity contribution in [2.45, 2.75) is 97.3 Å². The van der Waals surface area contributed by atoms with Crippen molar-refractivity contribution in [1.29, 1.82) is 0 Å². The average molecular weight is 459 g/mol. The van der Waals surface area contributed by atoms with E-state index in [-0.39, 0.29) is 5.56 Å². The minimum absolute atomic E-state index is 0.147. The molecular formula is C28H40F2N2O. The van der Waals surface area contributed by atoms with Crippen molar-refractivity contribution in [2.75, 3.05) is 6.61 Å². The molecule has 33 heavy (non-hydrogen) atoms. The van der Waals surface area contributed by atoms with Gasteiger partial charge in [-0.25, -0.2) is 8.78 Å². The summed E-state index contributed by atoms with van der Waals surface area (Å²) >= 11 is 0. The van der Waals surface area contributed by atoms with Gasteiger partial charge in [0, 0.05) is 11.6 Å². The highest BCUT2D eigenvalue weighted by molar-refractivity contribution is 5.60. The molecule has 182 valence electrons. The molecule has 0 bridgehead atoms. The second-order valence-corrected chi connectivity index (χ2v) is 9.63. The summed E-state index contributed by atoms with van der Waals surface area (Å²) in [7, 11) is 0. The summed E-state index contributed by atoms with van der Waals surface area (Å²) in [6.07, 6.45) is 15.1. The fraction of sp³-hybridized carbons (Fsp3) is 0.643. The lowest BCUT2D eigenvalue weighted by atomic mass is 9.77. The van der Waals surface area contributed by atoms with Crippen molar-refractivity contribution in [3.8, 4) is 17.1 Å². The SMILES string of the molecule is CCCCCOc1ccc(-c2ccc(CCC3CCC(CCCCC)CC3)c(F)c2F)nn1. The van der Waals surface area contributed by atoms with Crippen LogP contribution >= 0.6 is 0 Å². The van der Waals surface area contributed by atoms with Crippen molar-refractivity contribution in [3.63, 3.8) is 0 Å². The Morgan fingerprint density at radius 3 is 2.15 bits per heavy atom. The van der Waals surface area contributed by atoms with Crippen LogP contribution in [0.25, 0.3) is 11.3 Å². The first-order chi connectivity index (χ1) is 16.1. The molecule has 0 unspecified atom stereocenters. The molecule has 0 aliphatic heterocycles. The first kappa shape index (κ1) is 25.6. The quantitative estimate of drug-likeness (QED) is 0.283. The van der Waals surface area contributed by atoms with Crippen LogP contribution in [0.3, 0.4) is 0 Å². The van der Waals surface area contributed by atoms with Crippen LogP contribution in [0.2, 0.25) is 0 Å². The molecule has 1 fully saturated rings. The van der Waals surface area contributed by atoms with E-state index < -0.39 is 11.6 Å². The molecule has 1 heterocycles. The predicted molar refractivity (Wildman–Crippen MR) is 130 cm³/mol. The topological polar surface area (TPSA) is 35.0 Å². The molecule has 1 saturated carbocycles. The number of unbranched alkanes of at least 4 members (excludes halogenated alkanes) is 4. The van der Waals surface area contributed by atoms with Gasteiger partial charge in [-0.2, -0.15) is 0 Å². The Morgan fingerprint density at radius 1 is 0.788 bits per heavy atom. The highest BCUT2D eigenvalue weighted by atomic mass is 19.2. The van der Waals surface area contributed by atoms with E-state index in [0.717, 1.165) is 31.6 Å². The summed E-state index contributed by atoms with van der Waals surface area (Å²) < 4.78 is 35.2. The number of hydrogen-bond donors (Lipinski definition) is 0. The number of aryl methyl sites for hydroxylation is 1. The summed E-state index contributed by atoms with van der Waals surface area (Å²) in [5.41, 5.74) is 0.930. The minimum Gasteiger partial charge on any atom is -0.477 e. The molecule has 1 aliphatic carbocycles. The Bertz CT molecular complexity index is 833. The van der Waals surface area contributed by atoms with E-state index in [4.69, 9.17) is 4.74 Å². The van der Waals surface area contributed by atoms with Gasteiger partial charge in [0.1, 0.15) is 0 Å². The van der Waals surface area contributed by atoms with Gasteiger partial charge in [-0.15, -0.1) is 10.2 Å². The number of hydrogen-bond acceptors (Lipinski definition) is 3. The molecule has 5 heteroatoms. The predicted octanol–water partition coefficient (Wildman–Crippen LogP) is 8.31. The number of rotatable bonds is 13. The van der Waals surface area contributed by atoms with Crippen molar-refractivity contribution in [3.05, 3.63) is 41.5 Å². The standard InChI is InChI=1S/C28H40F2N2O/c1-3-5-7-9-21-10-12-22(13-11-21)14-15-23-16-17-24(28(30)27(23)29)25-18-19-26(32-31-25)33-20-8-6-4-2/h16-19,21-22H,3-15,20H2,1-2H3. The summed E-state index contributed by atoms with van der Waals surface area (Å²) in [5.74, 6) is 0.328. The van der Waals surface area contributed by atoms with Crippen molar-refractivity contribution < 1.29 is 13.5 Å². The highest BCUT2D eigenvalue weighted by Crippen LogP contribution is 2.35. The molecule has 1 aromatic heterocycles. The van der Waals surface area contributed by atoms with E-state index in [1.807, 2.05) is 0 Å². The monoisotopic (exact) mass is 458 g/mol. The van der Waals surface area contributed by atoms with Crippen LogP contribution in [0.15, 0.2) is 24.3 Å². The van der Waals surface area contributed by atoms with Crippen molar-refractivity contribution in [2.24, 2.45) is 11.8 Å². The Morgan fingerprint density at radius 2 is 1.48 bits per heavy atom. The number of aromatic nitrogens is 2. The molecule has 0 atom stereocenters. The van der Waals surface area contributed by atoms with Crippen LogP contribution in [-0.4, -0.2) is 16.8 Å². The second-order valence-electron chi connectivity index (χ2n) is 9.63. The first-order valence-electron chi connectivity index (χ1n) is 13.1. The molecule has 1 aliphatic rings.